The second kappa shape index (κ2) is 4.49. The zero-order valence-corrected chi connectivity index (χ0v) is 10.1. The Labute approximate surface area is 95.4 Å². The number of aromatic nitrogens is 2. The van der Waals surface area contributed by atoms with Gasteiger partial charge in [-0.15, -0.1) is 0 Å². The molecule has 0 saturated carbocycles. The normalized spacial score (nSPS) is 18.4. The van der Waals surface area contributed by atoms with Gasteiger partial charge in [0.1, 0.15) is 4.60 Å². The van der Waals surface area contributed by atoms with Crippen LogP contribution in [0.5, 0.6) is 0 Å². The van der Waals surface area contributed by atoms with Gasteiger partial charge in [0.25, 0.3) is 0 Å². The van der Waals surface area contributed by atoms with Gasteiger partial charge in [-0.1, -0.05) is 0 Å². The molecule has 1 aromatic heterocycles. The fourth-order valence-corrected chi connectivity index (χ4v) is 3.28. The van der Waals surface area contributed by atoms with Crippen LogP contribution in [0.3, 0.4) is 0 Å². The lowest BCUT2D eigenvalue weighted by Crippen LogP contribution is -2.16. The number of nitrogens with zero attached hydrogens (tertiary/aromatic N) is 2. The highest BCUT2D eigenvalue weighted by atomic mass is 79.9. The Bertz CT molecular complexity index is 334. The van der Waals surface area contributed by atoms with Crippen molar-refractivity contribution in [1.29, 1.82) is 0 Å². The van der Waals surface area contributed by atoms with Gasteiger partial charge in [0, 0.05) is 0 Å². The van der Waals surface area contributed by atoms with Crippen molar-refractivity contribution in [2.24, 2.45) is 0 Å². The molecular formula is C9H11BrN2OS. The minimum Gasteiger partial charge on any atom is -0.298 e. The van der Waals surface area contributed by atoms with Gasteiger partial charge in [-0.05, 0) is 40.3 Å². The number of thioether (sulfide) groups is 1. The molecule has 0 radical (unpaired) electrons. The molecule has 1 fully saturated rings. The molecule has 1 saturated heterocycles. The summed E-state index contributed by atoms with van der Waals surface area (Å²) in [6.07, 6.45) is 4.75. The maximum atomic E-state index is 10.6. The average Bonchev–Trinajstić information content (AvgIpc) is 2.61. The predicted octanol–water partition coefficient (Wildman–Crippen LogP) is 2.53. The van der Waals surface area contributed by atoms with Gasteiger partial charge in [-0.25, -0.2) is 0 Å². The topological polar surface area (TPSA) is 34.9 Å². The number of carbonyl (C=O) groups is 1. The van der Waals surface area contributed by atoms with Crippen LogP contribution in [-0.4, -0.2) is 27.6 Å². The van der Waals surface area contributed by atoms with Crippen molar-refractivity contribution in [2.45, 2.75) is 18.9 Å². The molecule has 0 aliphatic carbocycles. The van der Waals surface area contributed by atoms with E-state index in [4.69, 9.17) is 0 Å². The van der Waals surface area contributed by atoms with E-state index in [1.54, 1.807) is 6.20 Å². The van der Waals surface area contributed by atoms with Crippen molar-refractivity contribution < 1.29 is 4.79 Å². The van der Waals surface area contributed by atoms with Gasteiger partial charge >= 0.3 is 0 Å². The highest BCUT2D eigenvalue weighted by Crippen LogP contribution is 2.29. The second-order valence-electron chi connectivity index (χ2n) is 3.30. The van der Waals surface area contributed by atoms with Crippen LogP contribution < -0.4 is 0 Å². The van der Waals surface area contributed by atoms with E-state index in [9.17, 15) is 4.79 Å². The molecule has 1 aliphatic heterocycles. The van der Waals surface area contributed by atoms with Crippen LogP contribution in [-0.2, 0) is 0 Å². The monoisotopic (exact) mass is 274 g/mol. The Morgan fingerprint density at radius 1 is 1.57 bits per heavy atom. The van der Waals surface area contributed by atoms with Crippen molar-refractivity contribution in [2.75, 3.05) is 11.5 Å². The van der Waals surface area contributed by atoms with E-state index in [1.165, 1.54) is 11.5 Å². The maximum Gasteiger partial charge on any atom is 0.154 e. The minimum atomic E-state index is 0.458. The van der Waals surface area contributed by atoms with E-state index in [2.05, 4.69) is 21.0 Å². The number of rotatable bonds is 2. The van der Waals surface area contributed by atoms with Crippen LogP contribution in [0, 0.1) is 0 Å². The van der Waals surface area contributed by atoms with Crippen LogP contribution in [0.4, 0.5) is 0 Å². The van der Waals surface area contributed by atoms with Crippen LogP contribution >= 0.6 is 27.7 Å². The van der Waals surface area contributed by atoms with Crippen molar-refractivity contribution in [3.63, 3.8) is 0 Å². The third-order valence-electron chi connectivity index (χ3n) is 2.42. The third kappa shape index (κ3) is 1.88. The molecule has 0 aromatic carbocycles. The fourth-order valence-electron chi connectivity index (χ4n) is 1.62. The molecule has 14 heavy (non-hydrogen) atoms. The van der Waals surface area contributed by atoms with Gasteiger partial charge in [-0.3, -0.25) is 9.48 Å². The highest BCUT2D eigenvalue weighted by molar-refractivity contribution is 9.10. The fraction of sp³-hybridized carbons (Fsp3) is 0.556. The summed E-state index contributed by atoms with van der Waals surface area (Å²) in [5.41, 5.74) is 0.642. The standard InChI is InChI=1S/C9H11BrN2OS/c10-9-7(6-13)5-11-12(9)8-1-3-14-4-2-8/h5-6,8H,1-4H2. The van der Waals surface area contributed by atoms with E-state index in [1.807, 2.05) is 16.4 Å². The second-order valence-corrected chi connectivity index (χ2v) is 5.27. The number of halogens is 1. The first-order chi connectivity index (χ1) is 6.83. The molecule has 2 rings (SSSR count). The van der Waals surface area contributed by atoms with Crippen LogP contribution in [0.1, 0.15) is 29.2 Å². The summed E-state index contributed by atoms with van der Waals surface area (Å²) in [7, 11) is 0. The van der Waals surface area contributed by atoms with E-state index >= 15 is 0 Å². The molecule has 2 heterocycles. The first-order valence-corrected chi connectivity index (χ1v) is 6.53. The van der Waals surface area contributed by atoms with Crippen LogP contribution in [0.2, 0.25) is 0 Å². The van der Waals surface area contributed by atoms with E-state index < -0.39 is 0 Å². The Morgan fingerprint density at radius 3 is 2.86 bits per heavy atom. The Balaban J connectivity index is 2.22. The number of carbonyl (C=O) groups excluding carboxylic acids is 1. The summed E-state index contributed by atoms with van der Waals surface area (Å²) in [6, 6.07) is 0.458. The summed E-state index contributed by atoms with van der Waals surface area (Å²) in [5, 5.41) is 4.24. The molecule has 0 spiro atoms. The zero-order chi connectivity index (χ0) is 9.97. The highest BCUT2D eigenvalue weighted by Gasteiger charge is 2.19. The van der Waals surface area contributed by atoms with Gasteiger partial charge in [0.05, 0.1) is 17.8 Å². The van der Waals surface area contributed by atoms with Gasteiger partial charge in [0.15, 0.2) is 6.29 Å². The lowest BCUT2D eigenvalue weighted by molar-refractivity contribution is 0.112. The Kier molecular flexibility index (Phi) is 3.28. The quantitative estimate of drug-likeness (QED) is 0.778. The maximum absolute atomic E-state index is 10.6. The van der Waals surface area contributed by atoms with Crippen molar-refractivity contribution >= 4 is 34.0 Å². The smallest absolute Gasteiger partial charge is 0.154 e. The summed E-state index contributed by atoms with van der Waals surface area (Å²) < 4.78 is 2.76. The molecule has 0 bridgehead atoms. The van der Waals surface area contributed by atoms with Gasteiger partial charge in [0.2, 0.25) is 0 Å². The molecular weight excluding hydrogens is 264 g/mol. The predicted molar refractivity (Wildman–Crippen MR) is 60.9 cm³/mol. The third-order valence-corrected chi connectivity index (χ3v) is 4.29. The van der Waals surface area contributed by atoms with Crippen LogP contribution in [0.15, 0.2) is 10.8 Å². The number of aldehydes is 1. The number of hydrogen-bond acceptors (Lipinski definition) is 3. The molecule has 1 aromatic rings. The van der Waals surface area contributed by atoms with Gasteiger partial charge < -0.3 is 0 Å². The zero-order valence-electron chi connectivity index (χ0n) is 7.65. The minimum absolute atomic E-state index is 0.458. The summed E-state index contributed by atoms with van der Waals surface area (Å²) in [4.78, 5) is 10.6. The first-order valence-electron chi connectivity index (χ1n) is 4.59. The van der Waals surface area contributed by atoms with E-state index in [0.717, 1.165) is 23.7 Å². The lowest BCUT2D eigenvalue weighted by Gasteiger charge is -2.22. The molecule has 3 nitrogen and oxygen atoms in total. The molecule has 5 heteroatoms. The number of hydrogen-bond donors (Lipinski definition) is 0. The summed E-state index contributed by atoms with van der Waals surface area (Å²) in [5.74, 6) is 2.38. The molecule has 0 N–H and O–H groups in total. The molecule has 0 unspecified atom stereocenters. The van der Waals surface area contributed by atoms with E-state index in [0.29, 0.717) is 11.6 Å². The van der Waals surface area contributed by atoms with Crippen molar-refractivity contribution in [3.05, 3.63) is 16.4 Å². The van der Waals surface area contributed by atoms with Crippen molar-refractivity contribution in [1.82, 2.24) is 9.78 Å². The van der Waals surface area contributed by atoms with E-state index in [-0.39, 0.29) is 0 Å². The largest absolute Gasteiger partial charge is 0.298 e. The molecule has 76 valence electrons. The average molecular weight is 275 g/mol. The SMILES string of the molecule is O=Cc1cnn(C2CCSCC2)c1Br. The molecule has 1 aliphatic rings. The Morgan fingerprint density at radius 2 is 2.29 bits per heavy atom. The summed E-state index contributed by atoms with van der Waals surface area (Å²) >= 11 is 5.40. The van der Waals surface area contributed by atoms with Gasteiger partial charge in [-0.2, -0.15) is 16.9 Å². The lowest BCUT2D eigenvalue weighted by atomic mass is 10.2. The summed E-state index contributed by atoms with van der Waals surface area (Å²) in [6.45, 7) is 0. The molecule has 0 amide bonds. The molecule has 0 atom stereocenters. The first kappa shape index (κ1) is 10.2. The van der Waals surface area contributed by atoms with Crippen molar-refractivity contribution in [3.8, 4) is 0 Å². The van der Waals surface area contributed by atoms with Crippen LogP contribution in [0.25, 0.3) is 0 Å². The Hall–Kier alpha value is -0.290.